The molecule has 0 aliphatic rings. The van der Waals surface area contributed by atoms with Crippen LogP contribution in [0.1, 0.15) is 16.1 Å². The predicted octanol–water partition coefficient (Wildman–Crippen LogP) is 2.15. The Hall–Kier alpha value is -1.91. The van der Waals surface area contributed by atoms with Crippen LogP contribution in [0.25, 0.3) is 0 Å². The summed E-state index contributed by atoms with van der Waals surface area (Å²) in [5, 5.41) is 8.96. The SMILES string of the molecule is Cn1c(=O)cc(Cl)n(C(Br)c2cc(F)ccc2C#N)c1=O. The molecule has 2 rings (SSSR count). The van der Waals surface area contributed by atoms with Crippen LogP contribution < -0.4 is 11.2 Å². The van der Waals surface area contributed by atoms with Crippen molar-refractivity contribution in [2.45, 2.75) is 4.95 Å². The molecule has 1 unspecified atom stereocenters. The summed E-state index contributed by atoms with van der Waals surface area (Å²) < 4.78 is 15.3. The third-order valence-electron chi connectivity index (χ3n) is 2.91. The minimum atomic E-state index is -0.880. The first-order valence-corrected chi connectivity index (χ1v) is 6.98. The van der Waals surface area contributed by atoms with Gasteiger partial charge < -0.3 is 0 Å². The maximum atomic E-state index is 13.4. The van der Waals surface area contributed by atoms with Crippen molar-refractivity contribution in [3.8, 4) is 6.07 Å². The van der Waals surface area contributed by atoms with E-state index in [1.54, 1.807) is 0 Å². The zero-order valence-electron chi connectivity index (χ0n) is 10.7. The van der Waals surface area contributed by atoms with Crippen LogP contribution in [-0.4, -0.2) is 9.13 Å². The molecule has 21 heavy (non-hydrogen) atoms. The van der Waals surface area contributed by atoms with Crippen LogP contribution in [-0.2, 0) is 7.05 Å². The molecule has 2 aromatic rings. The first-order chi connectivity index (χ1) is 9.86. The van der Waals surface area contributed by atoms with Gasteiger partial charge in [0.2, 0.25) is 0 Å². The van der Waals surface area contributed by atoms with Gasteiger partial charge in [-0.2, -0.15) is 5.26 Å². The molecule has 1 heterocycles. The highest BCUT2D eigenvalue weighted by Crippen LogP contribution is 2.29. The minimum Gasteiger partial charge on any atom is -0.269 e. The van der Waals surface area contributed by atoms with E-state index in [-0.39, 0.29) is 16.3 Å². The second-order valence-electron chi connectivity index (χ2n) is 4.20. The lowest BCUT2D eigenvalue weighted by Crippen LogP contribution is -2.38. The fraction of sp³-hybridized carbons (Fsp3) is 0.154. The molecule has 1 atom stereocenters. The summed E-state index contributed by atoms with van der Waals surface area (Å²) in [4.78, 5) is 22.8. The number of aromatic nitrogens is 2. The first-order valence-electron chi connectivity index (χ1n) is 5.68. The van der Waals surface area contributed by atoms with Crippen molar-refractivity contribution in [1.29, 1.82) is 5.26 Å². The van der Waals surface area contributed by atoms with Crippen LogP contribution in [0, 0.1) is 17.1 Å². The summed E-state index contributed by atoms with van der Waals surface area (Å²) in [5.74, 6) is -0.553. The maximum Gasteiger partial charge on any atom is 0.333 e. The Morgan fingerprint density at radius 2 is 2.05 bits per heavy atom. The Balaban J connectivity index is 2.73. The third-order valence-corrected chi connectivity index (χ3v) is 4.11. The largest absolute Gasteiger partial charge is 0.333 e. The molecule has 1 aromatic carbocycles. The highest BCUT2D eigenvalue weighted by atomic mass is 79.9. The highest BCUT2D eigenvalue weighted by molar-refractivity contribution is 9.09. The van der Waals surface area contributed by atoms with Gasteiger partial charge in [-0.3, -0.25) is 13.9 Å². The van der Waals surface area contributed by atoms with E-state index in [1.165, 1.54) is 13.1 Å². The van der Waals surface area contributed by atoms with Gasteiger partial charge in [0, 0.05) is 18.7 Å². The van der Waals surface area contributed by atoms with Crippen LogP contribution in [0.2, 0.25) is 5.15 Å². The lowest BCUT2D eigenvalue weighted by molar-refractivity contribution is 0.614. The van der Waals surface area contributed by atoms with E-state index < -0.39 is 22.0 Å². The van der Waals surface area contributed by atoms with Crippen molar-refractivity contribution in [3.05, 3.63) is 67.2 Å². The van der Waals surface area contributed by atoms with Crippen LogP contribution in [0.4, 0.5) is 4.39 Å². The van der Waals surface area contributed by atoms with Gasteiger partial charge in [-0.1, -0.05) is 27.5 Å². The molecule has 8 heteroatoms. The molecule has 0 bridgehead atoms. The van der Waals surface area contributed by atoms with Gasteiger partial charge in [0.05, 0.1) is 11.6 Å². The van der Waals surface area contributed by atoms with Crippen molar-refractivity contribution in [1.82, 2.24) is 9.13 Å². The molecule has 0 aliphatic heterocycles. The Morgan fingerprint density at radius 1 is 1.38 bits per heavy atom. The van der Waals surface area contributed by atoms with Gasteiger partial charge in [-0.05, 0) is 18.2 Å². The second-order valence-corrected chi connectivity index (χ2v) is 5.45. The Morgan fingerprint density at radius 3 is 2.67 bits per heavy atom. The third kappa shape index (κ3) is 2.77. The molecule has 0 spiro atoms. The van der Waals surface area contributed by atoms with Crippen LogP contribution >= 0.6 is 27.5 Å². The van der Waals surface area contributed by atoms with Gasteiger partial charge in [0.25, 0.3) is 5.56 Å². The molecule has 108 valence electrons. The van der Waals surface area contributed by atoms with Crippen molar-refractivity contribution in [2.75, 3.05) is 0 Å². The van der Waals surface area contributed by atoms with E-state index in [9.17, 15) is 14.0 Å². The minimum absolute atomic E-state index is 0.113. The van der Waals surface area contributed by atoms with E-state index in [0.717, 1.165) is 27.3 Å². The molecular weight excluding hydrogens is 365 g/mol. The average Bonchev–Trinajstić information content (AvgIpc) is 2.44. The summed E-state index contributed by atoms with van der Waals surface area (Å²) in [5.41, 5.74) is -0.807. The Bertz CT molecular complexity index is 869. The number of nitriles is 1. The van der Waals surface area contributed by atoms with E-state index in [2.05, 4.69) is 15.9 Å². The van der Waals surface area contributed by atoms with Gasteiger partial charge in [-0.25, -0.2) is 9.18 Å². The van der Waals surface area contributed by atoms with Crippen LogP contribution in [0.3, 0.4) is 0 Å². The number of benzene rings is 1. The molecular formula is C13H8BrClFN3O2. The Kier molecular flexibility index (Phi) is 4.30. The maximum absolute atomic E-state index is 13.4. The van der Waals surface area contributed by atoms with E-state index >= 15 is 0 Å². The quantitative estimate of drug-likeness (QED) is 0.599. The summed E-state index contributed by atoms with van der Waals surface area (Å²) >= 11 is 9.16. The number of hydrogen-bond donors (Lipinski definition) is 0. The average molecular weight is 373 g/mol. The highest BCUT2D eigenvalue weighted by Gasteiger charge is 2.20. The molecule has 0 radical (unpaired) electrons. The Labute approximate surface area is 131 Å². The standard InChI is InChI=1S/C13H8BrClFN3O2/c1-18-11(20)5-10(15)19(13(18)21)12(14)9-4-8(16)3-2-7(9)6-17/h2-5,12H,1H3. The zero-order valence-corrected chi connectivity index (χ0v) is 13.0. The summed E-state index contributed by atoms with van der Waals surface area (Å²) in [6.45, 7) is 0. The predicted molar refractivity (Wildman–Crippen MR) is 79.1 cm³/mol. The normalized spacial score (nSPS) is 12.0. The monoisotopic (exact) mass is 371 g/mol. The fourth-order valence-electron chi connectivity index (χ4n) is 1.79. The number of halogens is 3. The van der Waals surface area contributed by atoms with Crippen LogP contribution in [0.5, 0.6) is 0 Å². The fourth-order valence-corrected chi connectivity index (χ4v) is 2.95. The van der Waals surface area contributed by atoms with E-state index in [0.29, 0.717) is 0 Å². The molecule has 0 amide bonds. The van der Waals surface area contributed by atoms with Crippen molar-refractivity contribution < 1.29 is 4.39 Å². The topological polar surface area (TPSA) is 67.8 Å². The van der Waals surface area contributed by atoms with Crippen molar-refractivity contribution >= 4 is 27.5 Å². The smallest absolute Gasteiger partial charge is 0.269 e. The molecule has 0 N–H and O–H groups in total. The number of nitrogens with zero attached hydrogens (tertiary/aromatic N) is 3. The molecule has 0 saturated carbocycles. The molecule has 1 aromatic heterocycles. The lowest BCUT2D eigenvalue weighted by atomic mass is 10.1. The molecule has 0 aliphatic carbocycles. The zero-order chi connectivity index (χ0) is 15.7. The summed E-state index contributed by atoms with van der Waals surface area (Å²) in [7, 11) is 1.30. The van der Waals surface area contributed by atoms with Crippen LogP contribution in [0.15, 0.2) is 33.9 Å². The van der Waals surface area contributed by atoms with E-state index in [1.807, 2.05) is 6.07 Å². The lowest BCUT2D eigenvalue weighted by Gasteiger charge is -2.17. The van der Waals surface area contributed by atoms with Crippen molar-refractivity contribution in [2.24, 2.45) is 7.05 Å². The van der Waals surface area contributed by atoms with Gasteiger partial charge in [-0.15, -0.1) is 0 Å². The molecule has 5 nitrogen and oxygen atoms in total. The van der Waals surface area contributed by atoms with Gasteiger partial charge in [0.15, 0.2) is 0 Å². The molecule has 0 fully saturated rings. The van der Waals surface area contributed by atoms with Gasteiger partial charge >= 0.3 is 5.69 Å². The summed E-state index contributed by atoms with van der Waals surface area (Å²) in [6, 6.07) is 6.57. The first kappa shape index (κ1) is 15.5. The number of alkyl halides is 1. The number of hydrogen-bond acceptors (Lipinski definition) is 3. The number of rotatable bonds is 2. The van der Waals surface area contributed by atoms with Crippen molar-refractivity contribution in [3.63, 3.8) is 0 Å². The molecule has 0 saturated heterocycles. The second kappa shape index (κ2) is 5.84. The van der Waals surface area contributed by atoms with E-state index in [4.69, 9.17) is 16.9 Å². The van der Waals surface area contributed by atoms with Gasteiger partial charge in [0.1, 0.15) is 15.9 Å². The summed E-state index contributed by atoms with van der Waals surface area (Å²) in [6.07, 6.45) is 0.